The van der Waals surface area contributed by atoms with Gasteiger partial charge in [0.05, 0.1) is 6.04 Å². The van der Waals surface area contributed by atoms with E-state index in [0.717, 1.165) is 32.1 Å². The van der Waals surface area contributed by atoms with Crippen molar-refractivity contribution in [2.75, 3.05) is 6.54 Å². The van der Waals surface area contributed by atoms with E-state index in [1.165, 1.54) is 0 Å². The summed E-state index contributed by atoms with van der Waals surface area (Å²) in [4.78, 5) is 63.8. The first kappa shape index (κ1) is 30.6. The summed E-state index contributed by atoms with van der Waals surface area (Å²) in [6, 6.07) is 3.90. The zero-order valence-electron chi connectivity index (χ0n) is 23.5. The molecule has 4 N–H and O–H groups in total. The van der Waals surface area contributed by atoms with Gasteiger partial charge in [-0.3, -0.25) is 19.2 Å². The highest BCUT2D eigenvalue weighted by Crippen LogP contribution is 2.28. The van der Waals surface area contributed by atoms with E-state index in [2.05, 4.69) is 21.3 Å². The molecule has 1 aromatic carbocycles. The first-order valence-electron chi connectivity index (χ1n) is 14.5. The van der Waals surface area contributed by atoms with Crippen LogP contribution in [0.5, 0.6) is 0 Å². The molecule has 1 saturated heterocycles. The van der Waals surface area contributed by atoms with Crippen LogP contribution in [0.3, 0.4) is 0 Å². The topological polar surface area (TPSA) is 147 Å². The Morgan fingerprint density at radius 3 is 2.44 bits per heavy atom. The predicted octanol–water partition coefficient (Wildman–Crippen LogP) is 3.51. The number of hydrogen-bond acceptors (Lipinski definition) is 6. The molecule has 10 nitrogen and oxygen atoms in total. The Morgan fingerprint density at radius 1 is 1.02 bits per heavy atom. The average molecular weight is 587 g/mol. The zero-order chi connectivity index (χ0) is 29.5. The number of amides is 4. The predicted molar refractivity (Wildman–Crippen MR) is 154 cm³/mol. The highest BCUT2D eigenvalue weighted by atomic mass is 35.5. The molecule has 2 aliphatic rings. The summed E-state index contributed by atoms with van der Waals surface area (Å²) in [5.41, 5.74) is 0.495. The smallest absolute Gasteiger partial charge is 0.287 e. The summed E-state index contributed by atoms with van der Waals surface area (Å²) in [5, 5.41) is 12.3. The molecule has 222 valence electrons. The van der Waals surface area contributed by atoms with Crippen LogP contribution in [-0.2, 0) is 19.2 Å². The Kier molecular flexibility index (Phi) is 10.4. The van der Waals surface area contributed by atoms with E-state index in [0.29, 0.717) is 41.7 Å². The lowest BCUT2D eigenvalue weighted by Crippen LogP contribution is -2.57. The van der Waals surface area contributed by atoms with E-state index >= 15 is 0 Å². The number of carbonyl (C=O) groups is 5. The summed E-state index contributed by atoms with van der Waals surface area (Å²) in [5.74, 6) is -1.99. The van der Waals surface area contributed by atoms with Crippen LogP contribution >= 0.6 is 11.6 Å². The van der Waals surface area contributed by atoms with E-state index in [-0.39, 0.29) is 35.8 Å². The molecule has 1 aromatic heterocycles. The van der Waals surface area contributed by atoms with Crippen LogP contribution in [0.2, 0.25) is 5.02 Å². The third kappa shape index (κ3) is 8.09. The van der Waals surface area contributed by atoms with Crippen molar-refractivity contribution in [3.8, 4) is 0 Å². The number of nitrogens with one attached hydrogen (secondary N) is 4. The molecule has 1 saturated carbocycles. The van der Waals surface area contributed by atoms with Crippen LogP contribution in [-0.4, -0.2) is 54.6 Å². The third-order valence-corrected chi connectivity index (χ3v) is 8.29. The van der Waals surface area contributed by atoms with Crippen molar-refractivity contribution in [2.45, 2.75) is 83.3 Å². The molecule has 2 heterocycles. The molecule has 41 heavy (non-hydrogen) atoms. The van der Waals surface area contributed by atoms with Crippen LogP contribution in [0.1, 0.15) is 75.8 Å². The average Bonchev–Trinajstić information content (AvgIpc) is 3.56. The molecule has 1 aliphatic heterocycles. The van der Waals surface area contributed by atoms with Crippen LogP contribution in [0, 0.1) is 17.8 Å². The number of fused-ring (bicyclic) bond motifs is 1. The van der Waals surface area contributed by atoms with Gasteiger partial charge < -0.3 is 30.5 Å². The molecule has 2 fully saturated rings. The second-order valence-electron chi connectivity index (χ2n) is 11.6. The molecule has 1 aliphatic carbocycles. The lowest BCUT2D eigenvalue weighted by Gasteiger charge is -2.29. The summed E-state index contributed by atoms with van der Waals surface area (Å²) < 4.78 is 5.66. The van der Waals surface area contributed by atoms with Gasteiger partial charge >= 0.3 is 0 Å². The number of furan rings is 1. The highest BCUT2D eigenvalue weighted by molar-refractivity contribution is 6.31. The van der Waals surface area contributed by atoms with Gasteiger partial charge in [-0.25, -0.2) is 0 Å². The van der Waals surface area contributed by atoms with Crippen molar-refractivity contribution in [1.82, 2.24) is 21.3 Å². The first-order chi connectivity index (χ1) is 19.6. The van der Waals surface area contributed by atoms with Crippen LogP contribution in [0.25, 0.3) is 11.0 Å². The van der Waals surface area contributed by atoms with Gasteiger partial charge in [-0.1, -0.05) is 57.6 Å². The summed E-state index contributed by atoms with van der Waals surface area (Å²) in [7, 11) is 0. The van der Waals surface area contributed by atoms with E-state index in [1.807, 2.05) is 0 Å². The second kappa shape index (κ2) is 14.0. The number of halogens is 1. The maximum Gasteiger partial charge on any atom is 0.287 e. The van der Waals surface area contributed by atoms with Gasteiger partial charge in [-0.15, -0.1) is 0 Å². The fraction of sp³-hybridized carbons (Fsp3) is 0.567. The molecule has 0 radical (unpaired) electrons. The van der Waals surface area contributed by atoms with Gasteiger partial charge in [0.25, 0.3) is 5.91 Å². The molecule has 0 spiro atoms. The van der Waals surface area contributed by atoms with E-state index in [9.17, 15) is 24.0 Å². The summed E-state index contributed by atoms with van der Waals surface area (Å²) in [6.45, 7) is 4.15. The fourth-order valence-corrected chi connectivity index (χ4v) is 5.91. The number of benzene rings is 1. The van der Waals surface area contributed by atoms with Crippen molar-refractivity contribution in [1.29, 1.82) is 0 Å². The van der Waals surface area contributed by atoms with Crippen molar-refractivity contribution >= 4 is 52.5 Å². The van der Waals surface area contributed by atoms with Crippen LogP contribution in [0.4, 0.5) is 0 Å². The lowest BCUT2D eigenvalue weighted by molar-refractivity contribution is -0.132. The number of rotatable bonds is 12. The normalized spacial score (nSPS) is 19.8. The molecule has 4 amide bonds. The Morgan fingerprint density at radius 2 is 1.78 bits per heavy atom. The summed E-state index contributed by atoms with van der Waals surface area (Å²) >= 11 is 6.04. The van der Waals surface area contributed by atoms with Crippen LogP contribution < -0.4 is 21.3 Å². The largest absolute Gasteiger partial charge is 0.451 e. The van der Waals surface area contributed by atoms with Gasteiger partial charge in [0.15, 0.2) is 5.76 Å². The molecule has 0 unspecified atom stereocenters. The molecule has 2 aromatic rings. The monoisotopic (exact) mass is 586 g/mol. The minimum atomic E-state index is -0.940. The Bertz CT molecular complexity index is 1270. The third-order valence-electron chi connectivity index (χ3n) is 8.06. The Labute approximate surface area is 244 Å². The number of hydrogen-bond donors (Lipinski definition) is 4. The van der Waals surface area contributed by atoms with E-state index < -0.39 is 35.8 Å². The van der Waals surface area contributed by atoms with Gasteiger partial charge in [0.1, 0.15) is 24.0 Å². The SMILES string of the molecule is CC(C)[C@H](NC(=O)c1cc2cc(Cl)ccc2o1)C(=O)N[C@@H](CC1CCCCC1)C(=O)N[C@H](C=O)C[C@@H]1CCNC1=O. The van der Waals surface area contributed by atoms with Crippen molar-refractivity contribution in [3.63, 3.8) is 0 Å². The quantitative estimate of drug-likeness (QED) is 0.280. The Balaban J connectivity index is 1.45. The molecule has 4 rings (SSSR count). The maximum absolute atomic E-state index is 13.5. The number of carbonyl (C=O) groups excluding carboxylic acids is 5. The molecular weight excluding hydrogens is 548 g/mol. The standard InChI is InChI=1S/C30H39ClN4O6/c1-17(2)26(35-29(39)25-15-20-13-21(31)8-9-24(20)41-25)30(40)34-23(12-18-6-4-3-5-7-18)28(38)33-22(16-36)14-19-10-11-32-27(19)37/h8-9,13,15-19,22-23,26H,3-7,10-12,14H2,1-2H3,(H,32,37)(H,33,38)(H,34,40)(H,35,39)/t19-,22-,23-,26-/m0/s1. The van der Waals surface area contributed by atoms with Gasteiger partial charge in [0, 0.05) is 22.9 Å². The number of aldehydes is 1. The second-order valence-corrected chi connectivity index (χ2v) is 12.0. The van der Waals surface area contributed by atoms with Crippen molar-refractivity contribution in [2.24, 2.45) is 17.8 Å². The molecule has 4 atom stereocenters. The zero-order valence-corrected chi connectivity index (χ0v) is 24.3. The van der Waals surface area contributed by atoms with E-state index in [4.69, 9.17) is 16.0 Å². The van der Waals surface area contributed by atoms with Crippen molar-refractivity contribution < 1.29 is 28.4 Å². The molecule has 11 heteroatoms. The Hall–Kier alpha value is -3.40. The van der Waals surface area contributed by atoms with Crippen molar-refractivity contribution in [3.05, 3.63) is 35.0 Å². The first-order valence-corrected chi connectivity index (χ1v) is 14.9. The van der Waals surface area contributed by atoms with Gasteiger partial charge in [0.2, 0.25) is 17.7 Å². The molecule has 0 bridgehead atoms. The minimum absolute atomic E-state index is 0.0435. The molecular formula is C30H39ClN4O6. The van der Waals surface area contributed by atoms with E-state index in [1.54, 1.807) is 38.1 Å². The minimum Gasteiger partial charge on any atom is -0.451 e. The maximum atomic E-state index is 13.5. The highest BCUT2D eigenvalue weighted by Gasteiger charge is 2.33. The summed E-state index contributed by atoms with van der Waals surface area (Å²) in [6.07, 6.45) is 7.07. The van der Waals surface area contributed by atoms with Gasteiger partial charge in [-0.2, -0.15) is 0 Å². The van der Waals surface area contributed by atoms with Crippen LogP contribution in [0.15, 0.2) is 28.7 Å². The fourth-order valence-electron chi connectivity index (χ4n) is 5.73. The lowest BCUT2D eigenvalue weighted by atomic mass is 9.84. The van der Waals surface area contributed by atoms with Gasteiger partial charge in [-0.05, 0) is 55.4 Å².